The Hall–Kier alpha value is -3.73. The van der Waals surface area contributed by atoms with Crippen LogP contribution in [0.25, 0.3) is 0 Å². The third kappa shape index (κ3) is 10.4. The van der Waals surface area contributed by atoms with Crippen molar-refractivity contribution in [2.45, 2.75) is 50.3 Å². The normalized spacial score (nSPS) is 14.4. The van der Waals surface area contributed by atoms with Crippen molar-refractivity contribution < 1.29 is 35.9 Å². The lowest BCUT2D eigenvalue weighted by atomic mass is 10.1. The number of aromatic nitrogens is 1. The van der Waals surface area contributed by atoms with Crippen LogP contribution in [0.5, 0.6) is 0 Å². The van der Waals surface area contributed by atoms with Crippen LogP contribution in [0.3, 0.4) is 0 Å². The summed E-state index contributed by atoms with van der Waals surface area (Å²) < 4.78 is 73.2. The summed E-state index contributed by atoms with van der Waals surface area (Å²) in [5.74, 6) is -0.266. The van der Waals surface area contributed by atoms with Crippen molar-refractivity contribution in [2.24, 2.45) is 5.73 Å². The highest BCUT2D eigenvalue weighted by molar-refractivity contribution is 9.10. The molecule has 49 heavy (non-hydrogen) atoms. The summed E-state index contributed by atoms with van der Waals surface area (Å²) in [6.07, 6.45) is -2.68. The number of piperazine rings is 1. The first kappa shape index (κ1) is 38.1. The maximum Gasteiger partial charge on any atom is 0.417 e. The van der Waals surface area contributed by atoms with Gasteiger partial charge in [-0.1, -0.05) is 12.1 Å². The van der Waals surface area contributed by atoms with Gasteiger partial charge in [-0.15, -0.1) is 0 Å². The molecule has 16 heteroatoms. The number of alkyl halides is 3. The Morgan fingerprint density at radius 1 is 1.00 bits per heavy atom. The number of sulfonamides is 1. The SMILES string of the molecule is CC(C)(C)OC(=O)N(CCCN)CCc1ccc(C(=O)Nc2ccc(S(=O)(=O)N3CCN(c4cc(C(F)(F)F)c(Br)cn4)CC3)cc2)cc1. The maximum absolute atomic E-state index is 13.3. The summed E-state index contributed by atoms with van der Waals surface area (Å²) in [4.78, 5) is 32.9. The zero-order chi connectivity index (χ0) is 36.0. The second kappa shape index (κ2) is 15.9. The van der Waals surface area contributed by atoms with Gasteiger partial charge in [-0.25, -0.2) is 18.2 Å². The average Bonchev–Trinajstić information content (AvgIpc) is 3.04. The average molecular weight is 770 g/mol. The van der Waals surface area contributed by atoms with Gasteiger partial charge in [0.2, 0.25) is 10.0 Å². The lowest BCUT2D eigenvalue weighted by Crippen LogP contribution is -2.49. The topological polar surface area (TPSA) is 138 Å². The summed E-state index contributed by atoms with van der Waals surface area (Å²) in [6, 6.07) is 13.7. The van der Waals surface area contributed by atoms with E-state index in [-0.39, 0.29) is 47.3 Å². The number of amides is 2. The molecule has 11 nitrogen and oxygen atoms in total. The largest absolute Gasteiger partial charge is 0.444 e. The van der Waals surface area contributed by atoms with Gasteiger partial charge in [-0.05, 0) is 104 Å². The molecule has 0 spiro atoms. The maximum atomic E-state index is 13.3. The molecular weight excluding hydrogens is 729 g/mol. The fourth-order valence-corrected chi connectivity index (χ4v) is 6.89. The van der Waals surface area contributed by atoms with Crippen molar-refractivity contribution in [1.29, 1.82) is 0 Å². The second-order valence-electron chi connectivity index (χ2n) is 12.4. The van der Waals surface area contributed by atoms with E-state index in [1.807, 2.05) is 32.9 Å². The third-order valence-corrected chi connectivity index (χ3v) is 10.2. The Kier molecular flexibility index (Phi) is 12.3. The number of benzene rings is 2. The molecule has 0 aliphatic carbocycles. The van der Waals surface area contributed by atoms with E-state index in [9.17, 15) is 31.2 Å². The van der Waals surface area contributed by atoms with Crippen LogP contribution in [0.15, 0.2) is 70.2 Å². The number of hydrogen-bond donors (Lipinski definition) is 2. The van der Waals surface area contributed by atoms with Crippen LogP contribution < -0.4 is 16.0 Å². The van der Waals surface area contributed by atoms with Gasteiger partial charge in [-0.2, -0.15) is 17.5 Å². The molecule has 1 aliphatic rings. The molecule has 0 unspecified atom stereocenters. The van der Waals surface area contributed by atoms with Crippen LogP contribution in [0.1, 0.15) is 48.7 Å². The third-order valence-electron chi connectivity index (χ3n) is 7.63. The number of nitrogens with two attached hydrogens (primary N) is 1. The standard InChI is InChI=1S/C33H40BrF3N6O5S/c1-32(2,3)48-31(45)42(15-4-14-38)16-13-23-5-7-24(8-6-23)30(44)40-25-9-11-26(12-10-25)49(46,47)43-19-17-41(18-20-43)29-21-27(33(35,36)37)28(34)22-39-29/h5-12,21-22H,4,13-20,38H2,1-3H3,(H,40,44). The van der Waals surface area contributed by atoms with Crippen molar-refractivity contribution in [3.63, 3.8) is 0 Å². The highest BCUT2D eigenvalue weighted by Crippen LogP contribution is 2.36. The fourth-order valence-electron chi connectivity index (χ4n) is 5.03. The van der Waals surface area contributed by atoms with Crippen molar-refractivity contribution in [2.75, 3.05) is 56.0 Å². The van der Waals surface area contributed by atoms with Crippen LogP contribution in [-0.4, -0.2) is 86.0 Å². The van der Waals surface area contributed by atoms with E-state index in [0.717, 1.165) is 17.8 Å². The molecule has 0 radical (unpaired) electrons. The number of nitrogens with one attached hydrogen (secondary N) is 1. The Morgan fingerprint density at radius 2 is 1.63 bits per heavy atom. The van der Waals surface area contributed by atoms with Gasteiger partial charge in [0.05, 0.1) is 10.5 Å². The molecule has 4 rings (SSSR count). The van der Waals surface area contributed by atoms with E-state index in [1.165, 1.54) is 28.6 Å². The van der Waals surface area contributed by atoms with Crippen molar-refractivity contribution in [3.05, 3.63) is 82.0 Å². The molecular formula is C33H40BrF3N6O5S. The van der Waals surface area contributed by atoms with Crippen LogP contribution in [0, 0.1) is 0 Å². The number of carbonyl (C=O) groups excluding carboxylic acids is 2. The minimum Gasteiger partial charge on any atom is -0.444 e. The molecule has 2 heterocycles. The van der Waals surface area contributed by atoms with E-state index in [0.29, 0.717) is 43.7 Å². The monoisotopic (exact) mass is 768 g/mol. The van der Waals surface area contributed by atoms with Gasteiger partial charge < -0.3 is 25.6 Å². The zero-order valence-corrected chi connectivity index (χ0v) is 29.9. The predicted octanol–water partition coefficient (Wildman–Crippen LogP) is 5.75. The van der Waals surface area contributed by atoms with E-state index >= 15 is 0 Å². The van der Waals surface area contributed by atoms with E-state index in [4.69, 9.17) is 10.5 Å². The quantitative estimate of drug-likeness (QED) is 0.252. The van der Waals surface area contributed by atoms with Gasteiger partial charge in [0.25, 0.3) is 5.91 Å². The predicted molar refractivity (Wildman–Crippen MR) is 184 cm³/mol. The van der Waals surface area contributed by atoms with Gasteiger partial charge in [0.1, 0.15) is 11.4 Å². The molecule has 1 aliphatic heterocycles. The number of carbonyl (C=O) groups is 2. The van der Waals surface area contributed by atoms with Gasteiger partial charge >= 0.3 is 12.3 Å². The van der Waals surface area contributed by atoms with E-state index in [1.54, 1.807) is 21.9 Å². The fraction of sp³-hybridized carbons (Fsp3) is 0.424. The molecule has 266 valence electrons. The summed E-state index contributed by atoms with van der Waals surface area (Å²) in [7, 11) is -3.89. The molecule has 3 aromatic rings. The highest BCUT2D eigenvalue weighted by atomic mass is 79.9. The molecule has 3 N–H and O–H groups in total. The Labute approximate surface area is 292 Å². The van der Waals surface area contributed by atoms with Crippen molar-refractivity contribution in [3.8, 4) is 0 Å². The first-order valence-electron chi connectivity index (χ1n) is 15.6. The molecule has 1 fully saturated rings. The lowest BCUT2D eigenvalue weighted by Gasteiger charge is -2.35. The first-order chi connectivity index (χ1) is 23.0. The Morgan fingerprint density at radius 3 is 2.20 bits per heavy atom. The van der Waals surface area contributed by atoms with Crippen molar-refractivity contribution >= 4 is 49.5 Å². The molecule has 2 amide bonds. The minimum atomic E-state index is -4.56. The number of rotatable bonds is 11. The number of ether oxygens (including phenoxy) is 1. The number of anilines is 2. The second-order valence-corrected chi connectivity index (χ2v) is 15.2. The smallest absolute Gasteiger partial charge is 0.417 e. The summed E-state index contributed by atoms with van der Waals surface area (Å²) in [5.41, 5.74) is 5.88. The molecule has 2 aromatic carbocycles. The van der Waals surface area contributed by atoms with Crippen molar-refractivity contribution in [1.82, 2.24) is 14.2 Å². The molecule has 0 bridgehead atoms. The van der Waals surface area contributed by atoms with Gasteiger partial charge in [-0.3, -0.25) is 4.79 Å². The first-order valence-corrected chi connectivity index (χ1v) is 17.9. The number of hydrogen-bond acceptors (Lipinski definition) is 8. The van der Waals surface area contributed by atoms with Crippen LogP contribution >= 0.6 is 15.9 Å². The molecule has 0 atom stereocenters. The molecule has 1 saturated heterocycles. The summed E-state index contributed by atoms with van der Waals surface area (Å²) >= 11 is 2.88. The number of pyridine rings is 1. The van der Waals surface area contributed by atoms with E-state index < -0.39 is 33.5 Å². The lowest BCUT2D eigenvalue weighted by molar-refractivity contribution is -0.138. The number of nitrogens with zero attached hydrogens (tertiary/aromatic N) is 4. The minimum absolute atomic E-state index is 0.0244. The van der Waals surface area contributed by atoms with Crippen LogP contribution in [0.2, 0.25) is 0 Å². The van der Waals surface area contributed by atoms with E-state index in [2.05, 4.69) is 26.2 Å². The van der Waals surface area contributed by atoms with Crippen LogP contribution in [0.4, 0.5) is 29.5 Å². The van der Waals surface area contributed by atoms with Crippen LogP contribution in [-0.2, 0) is 27.4 Å². The summed E-state index contributed by atoms with van der Waals surface area (Å²) in [6.45, 7) is 7.22. The van der Waals surface area contributed by atoms with Gasteiger partial charge in [0.15, 0.2) is 0 Å². The Bertz CT molecular complexity index is 1710. The van der Waals surface area contributed by atoms with Gasteiger partial charge in [0, 0.05) is 61.2 Å². The Balaban J connectivity index is 1.31. The molecule has 1 aromatic heterocycles. The summed E-state index contributed by atoms with van der Waals surface area (Å²) in [5, 5.41) is 2.76. The molecule has 0 saturated carbocycles. The highest BCUT2D eigenvalue weighted by Gasteiger charge is 2.35. The zero-order valence-electron chi connectivity index (χ0n) is 27.5. The number of halogens is 4.